The normalized spacial score (nSPS) is 16.8. The van der Waals surface area contributed by atoms with Crippen LogP contribution in [0.4, 0.5) is 0 Å². The van der Waals surface area contributed by atoms with Crippen LogP contribution in [0.5, 0.6) is 5.75 Å². The maximum atomic E-state index is 11.9. The molecular formula is C14H12BrNO3. The smallest absolute Gasteiger partial charge is 0.255 e. The Morgan fingerprint density at radius 3 is 2.95 bits per heavy atom. The molecule has 0 spiro atoms. The Bertz CT molecular complexity index is 583. The summed E-state index contributed by atoms with van der Waals surface area (Å²) in [5, 5.41) is 2.85. The molecule has 3 rings (SSSR count). The number of fused-ring (bicyclic) bond motifs is 1. The summed E-state index contributed by atoms with van der Waals surface area (Å²) in [6, 6.07) is 9.56. The molecule has 0 radical (unpaired) electrons. The lowest BCUT2D eigenvalue weighted by Crippen LogP contribution is -2.34. The molecule has 0 aliphatic carbocycles. The molecule has 1 atom stereocenters. The summed E-state index contributed by atoms with van der Waals surface area (Å²) >= 11 is 3.18. The van der Waals surface area contributed by atoms with Gasteiger partial charge in [-0.1, -0.05) is 18.2 Å². The first-order valence-corrected chi connectivity index (χ1v) is 6.79. The number of benzene rings is 1. The standard InChI is InChI=1S/C14H12BrNO3/c15-13-11(5-6-18-13)14(17)16-8-10-7-9-3-1-2-4-12(9)19-10/h1-6,10H,7-8H2,(H,16,17). The molecule has 1 N–H and O–H groups in total. The molecule has 1 aliphatic rings. The summed E-state index contributed by atoms with van der Waals surface area (Å²) in [5.74, 6) is 0.742. The molecule has 4 nitrogen and oxygen atoms in total. The number of carbonyl (C=O) groups excluding carboxylic acids is 1. The van der Waals surface area contributed by atoms with Crippen LogP contribution in [0.3, 0.4) is 0 Å². The van der Waals surface area contributed by atoms with Crippen LogP contribution in [0.25, 0.3) is 0 Å². The zero-order valence-corrected chi connectivity index (χ0v) is 11.6. The highest BCUT2D eigenvalue weighted by molar-refractivity contribution is 9.10. The number of para-hydroxylation sites is 1. The molecule has 1 amide bonds. The second-order valence-electron chi connectivity index (χ2n) is 4.37. The fourth-order valence-corrected chi connectivity index (χ4v) is 2.55. The van der Waals surface area contributed by atoms with E-state index in [-0.39, 0.29) is 12.0 Å². The lowest BCUT2D eigenvalue weighted by Gasteiger charge is -2.11. The fourth-order valence-electron chi connectivity index (χ4n) is 2.13. The van der Waals surface area contributed by atoms with Crippen LogP contribution in [0, 0.1) is 0 Å². The van der Waals surface area contributed by atoms with E-state index in [2.05, 4.69) is 21.2 Å². The number of rotatable bonds is 3. The number of hydrogen-bond acceptors (Lipinski definition) is 3. The highest BCUT2D eigenvalue weighted by atomic mass is 79.9. The number of halogens is 1. The molecule has 0 saturated heterocycles. The number of nitrogens with one attached hydrogen (secondary N) is 1. The summed E-state index contributed by atoms with van der Waals surface area (Å²) < 4.78 is 11.2. The van der Waals surface area contributed by atoms with E-state index in [1.54, 1.807) is 6.07 Å². The molecule has 0 bridgehead atoms. The van der Waals surface area contributed by atoms with Crippen molar-refractivity contribution >= 4 is 21.8 Å². The third-order valence-corrected chi connectivity index (χ3v) is 3.68. The van der Waals surface area contributed by atoms with Gasteiger partial charge in [0.05, 0.1) is 18.4 Å². The maximum Gasteiger partial charge on any atom is 0.255 e. The molecule has 1 aromatic heterocycles. The van der Waals surface area contributed by atoms with Crippen molar-refractivity contribution in [3.05, 3.63) is 52.4 Å². The van der Waals surface area contributed by atoms with Crippen molar-refractivity contribution in [2.24, 2.45) is 0 Å². The average Bonchev–Trinajstić information content (AvgIpc) is 3.01. The first kappa shape index (κ1) is 12.3. The Kier molecular flexibility index (Phi) is 3.29. The Labute approximate surface area is 118 Å². The largest absolute Gasteiger partial charge is 0.488 e. The van der Waals surface area contributed by atoms with E-state index in [9.17, 15) is 4.79 Å². The second-order valence-corrected chi connectivity index (χ2v) is 5.09. The maximum absolute atomic E-state index is 11.9. The predicted molar refractivity (Wildman–Crippen MR) is 73.3 cm³/mol. The van der Waals surface area contributed by atoms with Gasteiger partial charge in [0.1, 0.15) is 11.9 Å². The van der Waals surface area contributed by atoms with Crippen LogP contribution in [0.1, 0.15) is 15.9 Å². The highest BCUT2D eigenvalue weighted by Gasteiger charge is 2.23. The van der Waals surface area contributed by atoms with Crippen LogP contribution < -0.4 is 10.1 Å². The van der Waals surface area contributed by atoms with Gasteiger partial charge in [-0.3, -0.25) is 4.79 Å². The van der Waals surface area contributed by atoms with Crippen molar-refractivity contribution in [2.75, 3.05) is 6.54 Å². The third-order valence-electron chi connectivity index (χ3n) is 3.07. The molecule has 98 valence electrons. The summed E-state index contributed by atoms with van der Waals surface area (Å²) in [6.45, 7) is 0.477. The van der Waals surface area contributed by atoms with Crippen molar-refractivity contribution in [3.8, 4) is 5.75 Å². The minimum atomic E-state index is -0.166. The summed E-state index contributed by atoms with van der Waals surface area (Å²) in [4.78, 5) is 11.9. The molecule has 1 aromatic carbocycles. The van der Waals surface area contributed by atoms with Gasteiger partial charge in [0.2, 0.25) is 0 Å². The van der Waals surface area contributed by atoms with Gasteiger partial charge in [-0.25, -0.2) is 0 Å². The van der Waals surface area contributed by atoms with Crippen LogP contribution in [0.15, 0.2) is 45.7 Å². The van der Waals surface area contributed by atoms with E-state index in [0.29, 0.717) is 16.8 Å². The number of carbonyl (C=O) groups is 1. The number of amides is 1. The zero-order valence-electron chi connectivity index (χ0n) is 10.1. The molecule has 1 unspecified atom stereocenters. The summed E-state index contributed by atoms with van der Waals surface area (Å²) in [6.07, 6.45) is 2.29. The van der Waals surface area contributed by atoms with E-state index in [0.717, 1.165) is 12.2 Å². The van der Waals surface area contributed by atoms with Crippen molar-refractivity contribution in [1.29, 1.82) is 0 Å². The van der Waals surface area contributed by atoms with Gasteiger partial charge in [-0.05, 0) is 33.6 Å². The van der Waals surface area contributed by atoms with E-state index in [1.807, 2.05) is 24.3 Å². The predicted octanol–water partition coefficient (Wildman–Crippen LogP) is 2.78. The molecule has 19 heavy (non-hydrogen) atoms. The molecule has 2 aromatic rings. The fraction of sp³-hybridized carbons (Fsp3) is 0.214. The van der Waals surface area contributed by atoms with Gasteiger partial charge >= 0.3 is 0 Å². The minimum absolute atomic E-state index is 0.00738. The molecule has 5 heteroatoms. The van der Waals surface area contributed by atoms with E-state index < -0.39 is 0 Å². The highest BCUT2D eigenvalue weighted by Crippen LogP contribution is 2.27. The molecule has 2 heterocycles. The van der Waals surface area contributed by atoms with Gasteiger partial charge in [-0.2, -0.15) is 0 Å². The average molecular weight is 322 g/mol. The first-order valence-electron chi connectivity index (χ1n) is 6.00. The van der Waals surface area contributed by atoms with E-state index >= 15 is 0 Å². The number of furan rings is 1. The summed E-state index contributed by atoms with van der Waals surface area (Å²) in [5.41, 5.74) is 1.68. The zero-order chi connectivity index (χ0) is 13.2. The van der Waals surface area contributed by atoms with Gasteiger partial charge in [0, 0.05) is 6.42 Å². The van der Waals surface area contributed by atoms with Crippen molar-refractivity contribution < 1.29 is 13.9 Å². The topological polar surface area (TPSA) is 51.5 Å². The van der Waals surface area contributed by atoms with Gasteiger partial charge in [-0.15, -0.1) is 0 Å². The van der Waals surface area contributed by atoms with Crippen molar-refractivity contribution in [3.63, 3.8) is 0 Å². The number of hydrogen-bond donors (Lipinski definition) is 1. The summed E-state index contributed by atoms with van der Waals surface area (Å²) in [7, 11) is 0. The minimum Gasteiger partial charge on any atom is -0.488 e. The lowest BCUT2D eigenvalue weighted by atomic mass is 10.1. The molecule has 0 fully saturated rings. The van der Waals surface area contributed by atoms with E-state index in [1.165, 1.54) is 11.8 Å². The molecular weight excluding hydrogens is 310 g/mol. The Morgan fingerprint density at radius 1 is 1.37 bits per heavy atom. The first-order chi connectivity index (χ1) is 9.24. The Hall–Kier alpha value is -1.75. The van der Waals surface area contributed by atoms with Gasteiger partial charge in [0.25, 0.3) is 5.91 Å². The molecule has 0 saturated carbocycles. The van der Waals surface area contributed by atoms with Gasteiger partial charge < -0.3 is 14.5 Å². The van der Waals surface area contributed by atoms with Crippen LogP contribution >= 0.6 is 15.9 Å². The van der Waals surface area contributed by atoms with Crippen molar-refractivity contribution in [1.82, 2.24) is 5.32 Å². The van der Waals surface area contributed by atoms with E-state index in [4.69, 9.17) is 9.15 Å². The van der Waals surface area contributed by atoms with Crippen LogP contribution in [-0.2, 0) is 6.42 Å². The Morgan fingerprint density at radius 2 is 2.21 bits per heavy atom. The second kappa shape index (κ2) is 5.09. The van der Waals surface area contributed by atoms with Crippen molar-refractivity contribution in [2.45, 2.75) is 12.5 Å². The lowest BCUT2D eigenvalue weighted by molar-refractivity contribution is 0.0932. The monoisotopic (exact) mass is 321 g/mol. The quantitative estimate of drug-likeness (QED) is 0.945. The van der Waals surface area contributed by atoms with Crippen LogP contribution in [-0.4, -0.2) is 18.6 Å². The number of ether oxygens (including phenoxy) is 1. The molecule has 1 aliphatic heterocycles. The third kappa shape index (κ3) is 2.51. The SMILES string of the molecule is O=C(NCC1Cc2ccccc2O1)c1ccoc1Br. The van der Waals surface area contributed by atoms with Gasteiger partial charge in [0.15, 0.2) is 4.67 Å². The van der Waals surface area contributed by atoms with Crippen LogP contribution in [0.2, 0.25) is 0 Å². The Balaban J connectivity index is 1.58.